The third kappa shape index (κ3) is 3.73. The summed E-state index contributed by atoms with van der Waals surface area (Å²) in [6, 6.07) is 8.12. The molecule has 0 amide bonds. The SMILES string of the molecule is CC1CCN(CC(O)CN2CC(C)Oc3ccccc32)CC1. The molecule has 0 spiro atoms. The zero-order chi connectivity index (χ0) is 15.5. The van der Waals surface area contributed by atoms with E-state index in [1.165, 1.54) is 12.8 Å². The van der Waals surface area contributed by atoms with Crippen molar-refractivity contribution in [1.82, 2.24) is 4.90 Å². The minimum Gasteiger partial charge on any atom is -0.487 e. The Morgan fingerprint density at radius 1 is 1.18 bits per heavy atom. The van der Waals surface area contributed by atoms with Gasteiger partial charge in [0.1, 0.15) is 11.9 Å². The summed E-state index contributed by atoms with van der Waals surface area (Å²) in [5.41, 5.74) is 1.10. The van der Waals surface area contributed by atoms with Crippen molar-refractivity contribution in [2.75, 3.05) is 37.6 Å². The van der Waals surface area contributed by atoms with Crippen molar-refractivity contribution in [2.45, 2.75) is 38.9 Å². The first-order valence-corrected chi connectivity index (χ1v) is 8.53. The topological polar surface area (TPSA) is 35.9 Å². The number of rotatable bonds is 4. The fourth-order valence-corrected chi connectivity index (χ4v) is 3.51. The van der Waals surface area contributed by atoms with Gasteiger partial charge in [0.25, 0.3) is 0 Å². The number of β-amino-alcohol motifs (C(OH)–C–C–N with tert-alkyl or cyclic N) is 1. The maximum atomic E-state index is 10.5. The van der Waals surface area contributed by atoms with Crippen LogP contribution in [0.4, 0.5) is 5.69 Å². The molecule has 2 heterocycles. The number of para-hydroxylation sites is 2. The van der Waals surface area contributed by atoms with Crippen LogP contribution in [0.15, 0.2) is 24.3 Å². The van der Waals surface area contributed by atoms with Crippen LogP contribution in [0.5, 0.6) is 5.75 Å². The van der Waals surface area contributed by atoms with Crippen LogP contribution >= 0.6 is 0 Å². The van der Waals surface area contributed by atoms with E-state index in [0.717, 1.165) is 43.5 Å². The molecule has 1 aromatic rings. The van der Waals surface area contributed by atoms with Gasteiger partial charge >= 0.3 is 0 Å². The highest BCUT2D eigenvalue weighted by atomic mass is 16.5. The monoisotopic (exact) mass is 304 g/mol. The van der Waals surface area contributed by atoms with Crippen LogP contribution in [0.2, 0.25) is 0 Å². The molecular weight excluding hydrogens is 276 g/mol. The Morgan fingerprint density at radius 3 is 2.68 bits per heavy atom. The summed E-state index contributed by atoms with van der Waals surface area (Å²) in [6.45, 7) is 8.94. The van der Waals surface area contributed by atoms with Crippen molar-refractivity contribution in [3.05, 3.63) is 24.3 Å². The zero-order valence-corrected chi connectivity index (χ0v) is 13.7. The quantitative estimate of drug-likeness (QED) is 0.926. The number of fused-ring (bicyclic) bond motifs is 1. The Hall–Kier alpha value is -1.26. The van der Waals surface area contributed by atoms with E-state index >= 15 is 0 Å². The second kappa shape index (κ2) is 6.88. The number of piperidine rings is 1. The number of hydrogen-bond acceptors (Lipinski definition) is 4. The van der Waals surface area contributed by atoms with Gasteiger partial charge in [0.15, 0.2) is 0 Å². The molecule has 2 unspecified atom stereocenters. The molecule has 122 valence electrons. The van der Waals surface area contributed by atoms with E-state index in [2.05, 4.69) is 29.7 Å². The first-order valence-electron chi connectivity index (χ1n) is 8.53. The predicted octanol–water partition coefficient (Wildman–Crippen LogP) is 2.37. The highest BCUT2D eigenvalue weighted by Gasteiger charge is 2.25. The van der Waals surface area contributed by atoms with Gasteiger partial charge in [-0.25, -0.2) is 0 Å². The van der Waals surface area contributed by atoms with E-state index in [1.807, 2.05) is 18.2 Å². The molecule has 0 aromatic heterocycles. The first-order chi connectivity index (χ1) is 10.6. The summed E-state index contributed by atoms with van der Waals surface area (Å²) < 4.78 is 5.87. The molecule has 0 bridgehead atoms. The fourth-order valence-electron chi connectivity index (χ4n) is 3.51. The molecule has 4 nitrogen and oxygen atoms in total. The van der Waals surface area contributed by atoms with Crippen LogP contribution in [0, 0.1) is 5.92 Å². The minimum absolute atomic E-state index is 0.165. The molecule has 1 N–H and O–H groups in total. The summed E-state index contributed by atoms with van der Waals surface area (Å²) >= 11 is 0. The number of aliphatic hydroxyl groups excluding tert-OH is 1. The number of ether oxygens (including phenoxy) is 1. The van der Waals surface area contributed by atoms with Gasteiger partial charge in [-0.2, -0.15) is 0 Å². The predicted molar refractivity (Wildman–Crippen MR) is 89.6 cm³/mol. The average Bonchev–Trinajstić information content (AvgIpc) is 2.49. The molecule has 1 aromatic carbocycles. The molecule has 4 heteroatoms. The maximum absolute atomic E-state index is 10.5. The van der Waals surface area contributed by atoms with Crippen molar-refractivity contribution < 1.29 is 9.84 Å². The number of nitrogens with zero attached hydrogens (tertiary/aromatic N) is 2. The van der Waals surface area contributed by atoms with E-state index in [4.69, 9.17) is 4.74 Å². The van der Waals surface area contributed by atoms with Crippen LogP contribution in [0.3, 0.4) is 0 Å². The normalized spacial score (nSPS) is 24.7. The van der Waals surface area contributed by atoms with E-state index in [9.17, 15) is 5.11 Å². The van der Waals surface area contributed by atoms with Gasteiger partial charge in [-0.05, 0) is 50.9 Å². The number of hydrogen-bond donors (Lipinski definition) is 1. The Balaban J connectivity index is 1.58. The largest absolute Gasteiger partial charge is 0.487 e. The lowest BCUT2D eigenvalue weighted by molar-refractivity contribution is 0.0923. The van der Waals surface area contributed by atoms with E-state index in [1.54, 1.807) is 0 Å². The van der Waals surface area contributed by atoms with Gasteiger partial charge < -0.3 is 19.6 Å². The smallest absolute Gasteiger partial charge is 0.143 e. The second-order valence-electron chi connectivity index (χ2n) is 6.94. The minimum atomic E-state index is -0.313. The van der Waals surface area contributed by atoms with Crippen molar-refractivity contribution >= 4 is 5.69 Å². The molecule has 22 heavy (non-hydrogen) atoms. The number of anilines is 1. The standard InChI is InChI=1S/C18H28N2O2/c1-14-7-9-19(10-8-14)12-16(21)13-20-11-15(2)22-18-6-4-3-5-17(18)20/h3-6,14-16,21H,7-13H2,1-2H3. The van der Waals surface area contributed by atoms with E-state index < -0.39 is 0 Å². The summed E-state index contributed by atoms with van der Waals surface area (Å²) in [7, 11) is 0. The van der Waals surface area contributed by atoms with Crippen LogP contribution in [0.1, 0.15) is 26.7 Å². The third-order valence-electron chi connectivity index (χ3n) is 4.79. The lowest BCUT2D eigenvalue weighted by Crippen LogP contribution is -2.46. The number of benzene rings is 1. The summed E-state index contributed by atoms with van der Waals surface area (Å²) in [4.78, 5) is 4.67. The molecule has 0 radical (unpaired) electrons. The fraction of sp³-hybridized carbons (Fsp3) is 0.667. The van der Waals surface area contributed by atoms with Gasteiger partial charge in [0.05, 0.1) is 18.3 Å². The molecule has 0 aliphatic carbocycles. The molecule has 2 aliphatic heterocycles. The molecule has 3 rings (SSSR count). The Morgan fingerprint density at radius 2 is 1.91 bits per heavy atom. The van der Waals surface area contributed by atoms with Crippen molar-refractivity contribution in [3.63, 3.8) is 0 Å². The van der Waals surface area contributed by atoms with Crippen molar-refractivity contribution in [2.24, 2.45) is 5.92 Å². The van der Waals surface area contributed by atoms with Gasteiger partial charge in [-0.15, -0.1) is 0 Å². The molecule has 2 aliphatic rings. The van der Waals surface area contributed by atoms with Crippen LogP contribution < -0.4 is 9.64 Å². The van der Waals surface area contributed by atoms with Gasteiger partial charge in [-0.3, -0.25) is 0 Å². The van der Waals surface area contributed by atoms with Crippen molar-refractivity contribution in [1.29, 1.82) is 0 Å². The highest BCUT2D eigenvalue weighted by molar-refractivity contribution is 5.60. The number of likely N-dealkylation sites (tertiary alicyclic amines) is 1. The van der Waals surface area contributed by atoms with Gasteiger partial charge in [0, 0.05) is 13.1 Å². The molecule has 1 saturated heterocycles. The van der Waals surface area contributed by atoms with E-state index in [0.29, 0.717) is 6.54 Å². The van der Waals surface area contributed by atoms with Gasteiger partial charge in [-0.1, -0.05) is 19.1 Å². The lowest BCUT2D eigenvalue weighted by Gasteiger charge is -2.37. The van der Waals surface area contributed by atoms with Crippen LogP contribution in [-0.4, -0.2) is 54.9 Å². The Kier molecular flexibility index (Phi) is 4.89. The first kappa shape index (κ1) is 15.6. The zero-order valence-electron chi connectivity index (χ0n) is 13.7. The summed E-state index contributed by atoms with van der Waals surface area (Å²) in [5, 5.41) is 10.5. The molecular formula is C18H28N2O2. The highest BCUT2D eigenvalue weighted by Crippen LogP contribution is 2.33. The summed E-state index contributed by atoms with van der Waals surface area (Å²) in [5.74, 6) is 1.76. The molecule has 0 saturated carbocycles. The maximum Gasteiger partial charge on any atom is 0.143 e. The average molecular weight is 304 g/mol. The van der Waals surface area contributed by atoms with Gasteiger partial charge in [0.2, 0.25) is 0 Å². The van der Waals surface area contributed by atoms with E-state index in [-0.39, 0.29) is 12.2 Å². The molecule has 1 fully saturated rings. The van der Waals surface area contributed by atoms with Crippen LogP contribution in [-0.2, 0) is 0 Å². The third-order valence-corrected chi connectivity index (χ3v) is 4.79. The molecule has 2 atom stereocenters. The van der Waals surface area contributed by atoms with Crippen molar-refractivity contribution in [3.8, 4) is 5.75 Å². The Labute approximate surface area is 133 Å². The van der Waals surface area contributed by atoms with Crippen LogP contribution in [0.25, 0.3) is 0 Å². The second-order valence-corrected chi connectivity index (χ2v) is 6.94. The summed E-state index contributed by atoms with van der Waals surface area (Å²) in [6.07, 6.45) is 2.36. The Bertz CT molecular complexity index is 486. The lowest BCUT2D eigenvalue weighted by atomic mass is 9.99. The number of aliphatic hydroxyl groups is 1.